The molecule has 8 heteroatoms. The smallest absolute Gasteiger partial charge is 0.241 e. The highest BCUT2D eigenvalue weighted by molar-refractivity contribution is 5.83. The van der Waals surface area contributed by atoms with Crippen molar-refractivity contribution in [2.45, 2.75) is 32.7 Å². The molecule has 2 heterocycles. The van der Waals surface area contributed by atoms with Crippen molar-refractivity contribution in [3.8, 4) is 0 Å². The maximum Gasteiger partial charge on any atom is 0.241 e. The molecule has 0 saturated heterocycles. The van der Waals surface area contributed by atoms with Crippen LogP contribution in [-0.2, 0) is 17.6 Å². The lowest BCUT2D eigenvalue weighted by molar-refractivity contribution is -0.122. The van der Waals surface area contributed by atoms with Gasteiger partial charge in [-0.05, 0) is 19.4 Å². The predicted octanol–water partition coefficient (Wildman–Crippen LogP) is 1.36. The van der Waals surface area contributed by atoms with E-state index in [1.807, 2.05) is 44.2 Å². The van der Waals surface area contributed by atoms with Crippen molar-refractivity contribution in [2.24, 2.45) is 5.73 Å². The number of nitrogens with two attached hydrogens (primary N) is 1. The topological polar surface area (TPSA) is 123 Å². The Kier molecular flexibility index (Phi) is 5.43. The summed E-state index contributed by atoms with van der Waals surface area (Å²) in [6.07, 6.45) is 1.06. The van der Waals surface area contributed by atoms with E-state index >= 15 is 0 Å². The number of rotatable bonds is 7. The van der Waals surface area contributed by atoms with Gasteiger partial charge in [0.2, 0.25) is 11.8 Å². The van der Waals surface area contributed by atoms with Gasteiger partial charge in [0.15, 0.2) is 5.82 Å². The minimum Gasteiger partial charge on any atom is -0.354 e. The molecule has 0 saturated carbocycles. The first-order valence-corrected chi connectivity index (χ1v) is 8.44. The number of H-pyrrole nitrogens is 1. The summed E-state index contributed by atoms with van der Waals surface area (Å²) in [6.45, 7) is 4.03. The zero-order chi connectivity index (χ0) is 18.5. The van der Waals surface area contributed by atoms with Gasteiger partial charge in [-0.15, -0.1) is 0 Å². The van der Waals surface area contributed by atoms with E-state index in [1.54, 1.807) is 0 Å². The largest absolute Gasteiger partial charge is 0.354 e. The zero-order valence-electron chi connectivity index (χ0n) is 14.8. The van der Waals surface area contributed by atoms with Gasteiger partial charge < -0.3 is 15.6 Å². The highest BCUT2D eigenvalue weighted by Gasteiger charge is 2.21. The Morgan fingerprint density at radius 1 is 1.31 bits per heavy atom. The van der Waals surface area contributed by atoms with Crippen molar-refractivity contribution in [3.63, 3.8) is 0 Å². The number of benzene rings is 1. The Labute approximate surface area is 151 Å². The number of hydrogen-bond donors (Lipinski definition) is 3. The molecule has 1 aromatic carbocycles. The number of nitrogens with one attached hydrogen (secondary N) is 2. The second-order valence-electron chi connectivity index (χ2n) is 6.13. The molecule has 1 atom stereocenters. The van der Waals surface area contributed by atoms with Crippen molar-refractivity contribution in [3.05, 3.63) is 64.6 Å². The molecule has 0 bridgehead atoms. The molecule has 0 fully saturated rings. The lowest BCUT2D eigenvalue weighted by Gasteiger charge is -2.12. The fraction of sp³-hybridized carbons (Fsp3) is 0.333. The van der Waals surface area contributed by atoms with E-state index in [9.17, 15) is 4.79 Å². The average molecular weight is 354 g/mol. The summed E-state index contributed by atoms with van der Waals surface area (Å²) in [5.74, 6) is 0.848. The second kappa shape index (κ2) is 7.92. The standard InChI is InChI=1S/C18H22N6O2/c1-11-16(12(2)23-22-11)17(19)18(25)20-9-8-15-21-14(24-26-15)10-13-6-4-3-5-7-13/h3-7,17H,8-10,19H2,1-2H3,(H,20,25)(H,22,23)/t17-/m1/s1. The summed E-state index contributed by atoms with van der Waals surface area (Å²) in [5, 5.41) is 13.7. The third kappa shape index (κ3) is 4.15. The Hall–Kier alpha value is -3.00. The molecule has 2 aromatic heterocycles. The van der Waals surface area contributed by atoms with Crippen LogP contribution in [0.15, 0.2) is 34.9 Å². The molecule has 3 aromatic rings. The van der Waals surface area contributed by atoms with Crippen molar-refractivity contribution in [1.29, 1.82) is 0 Å². The fourth-order valence-corrected chi connectivity index (χ4v) is 2.79. The Balaban J connectivity index is 1.50. The predicted molar refractivity (Wildman–Crippen MR) is 95.2 cm³/mol. The summed E-state index contributed by atoms with van der Waals surface area (Å²) in [6, 6.07) is 9.17. The molecule has 3 rings (SSSR count). The van der Waals surface area contributed by atoms with Crippen molar-refractivity contribution in [1.82, 2.24) is 25.7 Å². The molecule has 0 spiro atoms. The number of nitrogens with zero attached hydrogens (tertiary/aromatic N) is 3. The zero-order valence-corrected chi connectivity index (χ0v) is 14.8. The van der Waals surface area contributed by atoms with Crippen LogP contribution in [0, 0.1) is 13.8 Å². The van der Waals surface area contributed by atoms with Gasteiger partial charge >= 0.3 is 0 Å². The average Bonchev–Trinajstić information content (AvgIpc) is 3.21. The number of carbonyl (C=O) groups is 1. The van der Waals surface area contributed by atoms with E-state index in [0.29, 0.717) is 31.1 Å². The van der Waals surface area contributed by atoms with E-state index in [2.05, 4.69) is 25.7 Å². The van der Waals surface area contributed by atoms with Crippen molar-refractivity contribution in [2.75, 3.05) is 6.54 Å². The first-order chi connectivity index (χ1) is 12.5. The Morgan fingerprint density at radius 3 is 2.77 bits per heavy atom. The van der Waals surface area contributed by atoms with Gasteiger partial charge in [-0.25, -0.2) is 0 Å². The van der Waals surface area contributed by atoms with Crippen LogP contribution in [0.25, 0.3) is 0 Å². The first-order valence-electron chi connectivity index (χ1n) is 8.44. The highest BCUT2D eigenvalue weighted by Crippen LogP contribution is 2.17. The summed E-state index contributed by atoms with van der Waals surface area (Å²) in [4.78, 5) is 16.6. The van der Waals surface area contributed by atoms with Gasteiger partial charge in [-0.1, -0.05) is 35.5 Å². The molecule has 0 radical (unpaired) electrons. The number of amides is 1. The Bertz CT molecular complexity index is 851. The minimum absolute atomic E-state index is 0.262. The fourth-order valence-electron chi connectivity index (χ4n) is 2.79. The van der Waals surface area contributed by atoms with E-state index < -0.39 is 6.04 Å². The molecule has 0 aliphatic carbocycles. The van der Waals surface area contributed by atoms with E-state index in [1.165, 1.54) is 0 Å². The van der Waals surface area contributed by atoms with Crippen LogP contribution >= 0.6 is 0 Å². The van der Waals surface area contributed by atoms with Crippen molar-refractivity contribution >= 4 is 5.91 Å². The van der Waals surface area contributed by atoms with E-state index in [-0.39, 0.29) is 5.91 Å². The Morgan fingerprint density at radius 2 is 2.08 bits per heavy atom. The van der Waals surface area contributed by atoms with Gasteiger partial charge in [0.05, 0.1) is 5.69 Å². The van der Waals surface area contributed by atoms with Crippen LogP contribution in [0.2, 0.25) is 0 Å². The summed E-state index contributed by atoms with van der Waals surface area (Å²) in [5.41, 5.74) is 9.40. The molecular formula is C18H22N6O2. The number of carbonyl (C=O) groups excluding carboxylic acids is 1. The van der Waals surface area contributed by atoms with Crippen LogP contribution in [0.3, 0.4) is 0 Å². The van der Waals surface area contributed by atoms with Gasteiger partial charge in [-0.3, -0.25) is 9.89 Å². The second-order valence-corrected chi connectivity index (χ2v) is 6.13. The van der Waals surface area contributed by atoms with Crippen LogP contribution in [0.4, 0.5) is 0 Å². The lowest BCUT2D eigenvalue weighted by atomic mass is 10.1. The molecule has 4 N–H and O–H groups in total. The van der Waals surface area contributed by atoms with E-state index in [0.717, 1.165) is 22.5 Å². The normalized spacial score (nSPS) is 12.1. The van der Waals surface area contributed by atoms with Gasteiger partial charge in [0.1, 0.15) is 6.04 Å². The summed E-state index contributed by atoms with van der Waals surface area (Å²) in [7, 11) is 0. The van der Waals surface area contributed by atoms with Gasteiger partial charge in [-0.2, -0.15) is 10.1 Å². The molecule has 0 aliphatic rings. The van der Waals surface area contributed by atoms with E-state index in [4.69, 9.17) is 10.3 Å². The maximum atomic E-state index is 12.2. The van der Waals surface area contributed by atoms with Crippen LogP contribution in [0.1, 0.15) is 40.3 Å². The number of hydrogen-bond acceptors (Lipinski definition) is 6. The monoisotopic (exact) mass is 354 g/mol. The molecular weight excluding hydrogens is 332 g/mol. The van der Waals surface area contributed by atoms with Crippen LogP contribution in [-0.4, -0.2) is 32.8 Å². The number of aromatic amines is 1. The SMILES string of the molecule is Cc1n[nH]c(C)c1[C@@H](N)C(=O)NCCc1nc(Cc2ccccc2)no1. The molecule has 8 nitrogen and oxygen atoms in total. The third-order valence-electron chi connectivity index (χ3n) is 4.13. The molecule has 0 aliphatic heterocycles. The third-order valence-corrected chi connectivity index (χ3v) is 4.13. The van der Waals surface area contributed by atoms with Crippen LogP contribution in [0.5, 0.6) is 0 Å². The minimum atomic E-state index is -0.759. The molecule has 1 amide bonds. The highest BCUT2D eigenvalue weighted by atomic mass is 16.5. The lowest BCUT2D eigenvalue weighted by Crippen LogP contribution is -2.35. The number of aromatic nitrogens is 4. The quantitative estimate of drug-likeness (QED) is 0.589. The van der Waals surface area contributed by atoms with Crippen LogP contribution < -0.4 is 11.1 Å². The molecule has 0 unspecified atom stereocenters. The summed E-state index contributed by atoms with van der Waals surface area (Å²) >= 11 is 0. The molecule has 136 valence electrons. The van der Waals surface area contributed by atoms with Crippen molar-refractivity contribution < 1.29 is 9.32 Å². The number of aryl methyl sites for hydroxylation is 2. The van der Waals surface area contributed by atoms with Gasteiger partial charge in [0.25, 0.3) is 0 Å². The molecule has 26 heavy (non-hydrogen) atoms. The maximum absolute atomic E-state index is 12.2. The first kappa shape index (κ1) is 17.8. The summed E-state index contributed by atoms with van der Waals surface area (Å²) < 4.78 is 5.23. The van der Waals surface area contributed by atoms with Gasteiger partial charge in [0, 0.05) is 30.6 Å².